The summed E-state index contributed by atoms with van der Waals surface area (Å²) in [6.45, 7) is 3.61. The first kappa shape index (κ1) is 14.5. The second-order valence-electron chi connectivity index (χ2n) is 4.76. The number of anilines is 1. The van der Waals surface area contributed by atoms with Crippen molar-refractivity contribution in [1.29, 1.82) is 0 Å². The van der Waals surface area contributed by atoms with Gasteiger partial charge in [-0.25, -0.2) is 9.97 Å². The van der Waals surface area contributed by atoms with Crippen LogP contribution in [0, 0.1) is 6.92 Å². The van der Waals surface area contributed by atoms with E-state index in [9.17, 15) is 0 Å². The van der Waals surface area contributed by atoms with E-state index in [1.54, 1.807) is 14.2 Å². The van der Waals surface area contributed by atoms with E-state index >= 15 is 0 Å². The molecule has 1 heterocycles. The zero-order valence-electron chi connectivity index (χ0n) is 12.5. The lowest BCUT2D eigenvalue weighted by Gasteiger charge is -2.18. The van der Waals surface area contributed by atoms with Crippen molar-refractivity contribution in [1.82, 2.24) is 9.97 Å². The van der Waals surface area contributed by atoms with Gasteiger partial charge in [0.1, 0.15) is 5.75 Å². The number of aromatic nitrogens is 2. The molecule has 0 unspecified atom stereocenters. The number of hydrogen-bond acceptors (Lipinski definition) is 5. The molecule has 1 aromatic carbocycles. The number of benzene rings is 1. The van der Waals surface area contributed by atoms with Gasteiger partial charge in [0.15, 0.2) is 0 Å². The molecule has 0 N–H and O–H groups in total. The molecule has 0 spiro atoms. The molecule has 0 saturated heterocycles. The SMILES string of the molecule is COCCCN(C)c1nc(C)c2ccc(OC)cc2n1. The summed E-state index contributed by atoms with van der Waals surface area (Å²) >= 11 is 0. The Bertz CT molecular complexity index is 587. The third kappa shape index (κ3) is 3.17. The number of hydrogen-bond donors (Lipinski definition) is 0. The van der Waals surface area contributed by atoms with Crippen LogP contribution < -0.4 is 9.64 Å². The quantitative estimate of drug-likeness (QED) is 0.758. The minimum absolute atomic E-state index is 0.736. The summed E-state index contributed by atoms with van der Waals surface area (Å²) in [6, 6.07) is 5.87. The van der Waals surface area contributed by atoms with Gasteiger partial charge < -0.3 is 14.4 Å². The summed E-state index contributed by atoms with van der Waals surface area (Å²) in [6.07, 6.45) is 0.950. The number of nitrogens with zero attached hydrogens (tertiary/aromatic N) is 3. The molecule has 20 heavy (non-hydrogen) atoms. The molecule has 0 aliphatic heterocycles. The fraction of sp³-hybridized carbons (Fsp3) is 0.467. The molecule has 5 nitrogen and oxygen atoms in total. The topological polar surface area (TPSA) is 47.5 Å². The predicted octanol–water partition coefficient (Wildman–Crippen LogP) is 2.42. The molecular formula is C15H21N3O2. The van der Waals surface area contributed by atoms with Crippen molar-refractivity contribution in [2.75, 3.05) is 39.3 Å². The third-order valence-corrected chi connectivity index (χ3v) is 3.27. The molecule has 5 heteroatoms. The van der Waals surface area contributed by atoms with Crippen LogP contribution in [0.25, 0.3) is 10.9 Å². The maximum Gasteiger partial charge on any atom is 0.225 e. The van der Waals surface area contributed by atoms with E-state index in [2.05, 4.69) is 9.97 Å². The standard InChI is InChI=1S/C15H21N3O2/c1-11-13-7-6-12(20-4)10-14(13)17-15(16-11)18(2)8-5-9-19-3/h6-7,10H,5,8-9H2,1-4H3. The van der Waals surface area contributed by atoms with Gasteiger partial charge in [0, 0.05) is 38.8 Å². The first-order chi connectivity index (χ1) is 9.65. The highest BCUT2D eigenvalue weighted by Crippen LogP contribution is 2.23. The average molecular weight is 275 g/mol. The maximum absolute atomic E-state index is 5.25. The van der Waals surface area contributed by atoms with E-state index < -0.39 is 0 Å². The van der Waals surface area contributed by atoms with Crippen molar-refractivity contribution in [3.63, 3.8) is 0 Å². The minimum Gasteiger partial charge on any atom is -0.497 e. The Labute approximate surface area is 119 Å². The summed E-state index contributed by atoms with van der Waals surface area (Å²) in [5.74, 6) is 1.54. The zero-order valence-corrected chi connectivity index (χ0v) is 12.5. The van der Waals surface area contributed by atoms with Crippen molar-refractivity contribution >= 4 is 16.9 Å². The smallest absolute Gasteiger partial charge is 0.225 e. The molecule has 0 bridgehead atoms. The Morgan fingerprint density at radius 1 is 1.20 bits per heavy atom. The van der Waals surface area contributed by atoms with Gasteiger partial charge >= 0.3 is 0 Å². The highest BCUT2D eigenvalue weighted by Gasteiger charge is 2.09. The number of methoxy groups -OCH3 is 2. The van der Waals surface area contributed by atoms with Crippen LogP contribution in [0.15, 0.2) is 18.2 Å². The Morgan fingerprint density at radius 3 is 2.70 bits per heavy atom. The van der Waals surface area contributed by atoms with Gasteiger partial charge in [-0.15, -0.1) is 0 Å². The van der Waals surface area contributed by atoms with Gasteiger partial charge in [-0.05, 0) is 25.5 Å². The van der Waals surface area contributed by atoms with Crippen LogP contribution in [0.1, 0.15) is 12.1 Å². The van der Waals surface area contributed by atoms with Gasteiger partial charge in [-0.3, -0.25) is 0 Å². The normalized spacial score (nSPS) is 10.8. The minimum atomic E-state index is 0.736. The molecule has 0 aliphatic carbocycles. The average Bonchev–Trinajstić information content (AvgIpc) is 2.46. The van der Waals surface area contributed by atoms with Crippen molar-refractivity contribution in [2.24, 2.45) is 0 Å². The van der Waals surface area contributed by atoms with Crippen LogP contribution in [0.3, 0.4) is 0 Å². The van der Waals surface area contributed by atoms with Crippen LogP contribution in [0.4, 0.5) is 5.95 Å². The molecule has 0 amide bonds. The fourth-order valence-corrected chi connectivity index (χ4v) is 2.10. The third-order valence-electron chi connectivity index (χ3n) is 3.27. The van der Waals surface area contributed by atoms with E-state index in [-0.39, 0.29) is 0 Å². The molecule has 0 atom stereocenters. The predicted molar refractivity (Wildman–Crippen MR) is 80.6 cm³/mol. The van der Waals surface area contributed by atoms with E-state index in [4.69, 9.17) is 9.47 Å². The van der Waals surface area contributed by atoms with Gasteiger partial charge in [-0.1, -0.05) is 0 Å². The van der Waals surface area contributed by atoms with Gasteiger partial charge in [0.25, 0.3) is 0 Å². The molecule has 2 aromatic rings. The molecule has 0 radical (unpaired) electrons. The van der Waals surface area contributed by atoms with Crippen LogP contribution in [0.5, 0.6) is 5.75 Å². The van der Waals surface area contributed by atoms with E-state index in [1.807, 2.05) is 37.1 Å². The van der Waals surface area contributed by atoms with Crippen LogP contribution in [0.2, 0.25) is 0 Å². The Morgan fingerprint density at radius 2 is 2.00 bits per heavy atom. The Balaban J connectivity index is 2.30. The second kappa shape index (κ2) is 6.52. The Kier molecular flexibility index (Phi) is 4.74. The highest BCUT2D eigenvalue weighted by molar-refractivity contribution is 5.83. The lowest BCUT2D eigenvalue weighted by Crippen LogP contribution is -2.22. The van der Waals surface area contributed by atoms with Crippen molar-refractivity contribution < 1.29 is 9.47 Å². The summed E-state index contributed by atoms with van der Waals surface area (Å²) in [5.41, 5.74) is 1.89. The summed E-state index contributed by atoms with van der Waals surface area (Å²) in [5, 5.41) is 1.06. The number of rotatable bonds is 6. The summed E-state index contributed by atoms with van der Waals surface area (Å²) < 4.78 is 10.3. The van der Waals surface area contributed by atoms with E-state index in [0.29, 0.717) is 0 Å². The molecule has 2 rings (SSSR count). The van der Waals surface area contributed by atoms with Crippen molar-refractivity contribution in [2.45, 2.75) is 13.3 Å². The number of aryl methyl sites for hydroxylation is 1. The van der Waals surface area contributed by atoms with Crippen LogP contribution >= 0.6 is 0 Å². The Hall–Kier alpha value is -1.88. The number of fused-ring (bicyclic) bond motifs is 1. The van der Waals surface area contributed by atoms with Crippen LogP contribution in [-0.4, -0.2) is 44.4 Å². The first-order valence-electron chi connectivity index (χ1n) is 6.68. The second-order valence-corrected chi connectivity index (χ2v) is 4.76. The van der Waals surface area contributed by atoms with Crippen molar-refractivity contribution in [3.8, 4) is 5.75 Å². The molecule has 108 valence electrons. The molecule has 0 aliphatic rings. The summed E-state index contributed by atoms with van der Waals surface area (Å²) in [4.78, 5) is 11.2. The van der Waals surface area contributed by atoms with E-state index in [1.165, 1.54) is 0 Å². The molecule has 0 saturated carbocycles. The van der Waals surface area contributed by atoms with Gasteiger partial charge in [-0.2, -0.15) is 0 Å². The largest absolute Gasteiger partial charge is 0.497 e. The fourth-order valence-electron chi connectivity index (χ4n) is 2.10. The lowest BCUT2D eigenvalue weighted by molar-refractivity contribution is 0.196. The van der Waals surface area contributed by atoms with E-state index in [0.717, 1.165) is 47.9 Å². The van der Waals surface area contributed by atoms with Gasteiger partial charge in [0.2, 0.25) is 5.95 Å². The highest BCUT2D eigenvalue weighted by atomic mass is 16.5. The van der Waals surface area contributed by atoms with Crippen LogP contribution in [-0.2, 0) is 4.74 Å². The number of ether oxygens (including phenoxy) is 2. The van der Waals surface area contributed by atoms with Crippen molar-refractivity contribution in [3.05, 3.63) is 23.9 Å². The maximum atomic E-state index is 5.25. The lowest BCUT2D eigenvalue weighted by atomic mass is 10.2. The summed E-state index contributed by atoms with van der Waals surface area (Å²) in [7, 11) is 5.37. The van der Waals surface area contributed by atoms with Gasteiger partial charge in [0.05, 0.1) is 18.3 Å². The molecule has 1 aromatic heterocycles. The molecule has 0 fully saturated rings. The first-order valence-corrected chi connectivity index (χ1v) is 6.68. The zero-order chi connectivity index (χ0) is 14.5. The molecular weight excluding hydrogens is 254 g/mol. The monoisotopic (exact) mass is 275 g/mol.